The average molecular weight is 381 g/mol. The van der Waals surface area contributed by atoms with Gasteiger partial charge in [-0.1, -0.05) is 13.8 Å². The zero-order valence-electron chi connectivity index (χ0n) is 16.1. The summed E-state index contributed by atoms with van der Waals surface area (Å²) in [5.74, 6) is 1.53. The van der Waals surface area contributed by atoms with Gasteiger partial charge in [0.2, 0.25) is 5.96 Å². The summed E-state index contributed by atoms with van der Waals surface area (Å²) in [5, 5.41) is 25.5. The van der Waals surface area contributed by atoms with E-state index >= 15 is 0 Å². The Morgan fingerprint density at radius 1 is 1.25 bits per heavy atom. The highest BCUT2D eigenvalue weighted by Gasteiger charge is 2.10. The number of nitriles is 1. The van der Waals surface area contributed by atoms with Crippen molar-refractivity contribution in [3.8, 4) is 17.7 Å². The van der Waals surface area contributed by atoms with Crippen LogP contribution < -0.4 is 15.4 Å². The lowest BCUT2D eigenvalue weighted by Crippen LogP contribution is -2.40. The van der Waals surface area contributed by atoms with Crippen LogP contribution in [0.5, 0.6) is 11.5 Å². The van der Waals surface area contributed by atoms with Gasteiger partial charge < -0.3 is 10.1 Å². The summed E-state index contributed by atoms with van der Waals surface area (Å²) in [6, 6.07) is 11.7. The van der Waals surface area contributed by atoms with Gasteiger partial charge in [-0.3, -0.25) is 15.4 Å². The number of nitro benzene ring substituents is 1. The molecular formula is C20H23N5O3. The van der Waals surface area contributed by atoms with Crippen LogP contribution in [-0.4, -0.2) is 16.9 Å². The van der Waals surface area contributed by atoms with E-state index in [0.29, 0.717) is 28.7 Å². The highest BCUT2D eigenvalue weighted by Crippen LogP contribution is 2.29. The number of benzene rings is 2. The molecule has 0 amide bonds. The van der Waals surface area contributed by atoms with Crippen molar-refractivity contribution in [3.05, 3.63) is 58.1 Å². The molecule has 8 nitrogen and oxygen atoms in total. The molecule has 2 aromatic rings. The number of hydrogen-bond donors (Lipinski definition) is 2. The van der Waals surface area contributed by atoms with Crippen molar-refractivity contribution in [1.82, 2.24) is 10.6 Å². The SMILES string of the molecule is CCC(CC)N/C(=N/c1ccc(Oc2ccc([N+](=O)[O-])cc2C)cc1)NC#N. The van der Waals surface area contributed by atoms with Crippen molar-refractivity contribution in [3.63, 3.8) is 0 Å². The number of aliphatic imine (C=N–C) groups is 1. The van der Waals surface area contributed by atoms with Gasteiger partial charge in [0.05, 0.1) is 10.6 Å². The van der Waals surface area contributed by atoms with Crippen LogP contribution >= 0.6 is 0 Å². The van der Waals surface area contributed by atoms with Crippen molar-refractivity contribution >= 4 is 17.3 Å². The van der Waals surface area contributed by atoms with Crippen molar-refractivity contribution in [2.24, 2.45) is 4.99 Å². The van der Waals surface area contributed by atoms with Gasteiger partial charge in [-0.15, -0.1) is 0 Å². The molecule has 2 aromatic carbocycles. The van der Waals surface area contributed by atoms with E-state index in [9.17, 15) is 10.1 Å². The number of nitro groups is 1. The molecule has 0 atom stereocenters. The van der Waals surface area contributed by atoms with Crippen molar-refractivity contribution < 1.29 is 9.66 Å². The van der Waals surface area contributed by atoms with Gasteiger partial charge in [-0.2, -0.15) is 5.26 Å². The summed E-state index contributed by atoms with van der Waals surface area (Å²) in [6.45, 7) is 5.89. The fourth-order valence-electron chi connectivity index (χ4n) is 2.54. The van der Waals surface area contributed by atoms with Gasteiger partial charge in [0.15, 0.2) is 6.19 Å². The minimum Gasteiger partial charge on any atom is -0.457 e. The molecule has 0 radical (unpaired) electrons. The Bertz CT molecular complexity index is 884. The minimum atomic E-state index is -0.438. The molecule has 0 aromatic heterocycles. The number of ether oxygens (including phenoxy) is 1. The van der Waals surface area contributed by atoms with Crippen molar-refractivity contribution in [1.29, 1.82) is 5.26 Å². The molecule has 0 saturated heterocycles. The summed E-state index contributed by atoms with van der Waals surface area (Å²) in [6.07, 6.45) is 3.73. The molecule has 0 aliphatic heterocycles. The van der Waals surface area contributed by atoms with Gasteiger partial charge in [0.25, 0.3) is 5.69 Å². The van der Waals surface area contributed by atoms with Crippen LogP contribution in [0.1, 0.15) is 32.3 Å². The number of nitrogens with one attached hydrogen (secondary N) is 2. The van der Waals surface area contributed by atoms with Crippen LogP contribution in [0, 0.1) is 28.5 Å². The number of non-ortho nitro benzene ring substituents is 1. The lowest BCUT2D eigenvalue weighted by Gasteiger charge is -2.16. The molecule has 146 valence electrons. The fraction of sp³-hybridized carbons (Fsp3) is 0.300. The van der Waals surface area contributed by atoms with E-state index in [1.54, 1.807) is 37.3 Å². The first-order valence-electron chi connectivity index (χ1n) is 9.00. The zero-order valence-corrected chi connectivity index (χ0v) is 16.1. The molecule has 28 heavy (non-hydrogen) atoms. The molecule has 0 fully saturated rings. The van der Waals surface area contributed by atoms with E-state index in [2.05, 4.69) is 29.5 Å². The molecule has 2 N–H and O–H groups in total. The summed E-state index contributed by atoms with van der Waals surface area (Å²) < 4.78 is 5.80. The average Bonchev–Trinajstić information content (AvgIpc) is 2.69. The lowest BCUT2D eigenvalue weighted by molar-refractivity contribution is -0.384. The van der Waals surface area contributed by atoms with Gasteiger partial charge in [-0.25, -0.2) is 4.99 Å². The quantitative estimate of drug-likeness (QED) is 0.182. The maximum Gasteiger partial charge on any atom is 0.269 e. The van der Waals surface area contributed by atoms with E-state index in [1.807, 2.05) is 6.19 Å². The molecule has 0 aliphatic carbocycles. The second-order valence-electron chi connectivity index (χ2n) is 6.16. The first kappa shape index (κ1) is 20.7. The summed E-state index contributed by atoms with van der Waals surface area (Å²) in [5.41, 5.74) is 1.35. The number of rotatable bonds is 7. The monoisotopic (exact) mass is 381 g/mol. The predicted molar refractivity (Wildman–Crippen MR) is 108 cm³/mol. The minimum absolute atomic E-state index is 0.0250. The van der Waals surface area contributed by atoms with Crippen LogP contribution in [0.25, 0.3) is 0 Å². The molecule has 0 unspecified atom stereocenters. The molecule has 0 saturated carbocycles. The van der Waals surface area contributed by atoms with Crippen molar-refractivity contribution in [2.75, 3.05) is 0 Å². The maximum absolute atomic E-state index is 10.8. The van der Waals surface area contributed by atoms with Crippen LogP contribution in [0.2, 0.25) is 0 Å². The maximum atomic E-state index is 10.8. The molecule has 8 heteroatoms. The zero-order chi connectivity index (χ0) is 20.5. The third-order valence-electron chi connectivity index (χ3n) is 4.18. The smallest absolute Gasteiger partial charge is 0.269 e. The Labute approximate surface area is 164 Å². The van der Waals surface area contributed by atoms with E-state index < -0.39 is 4.92 Å². The van der Waals surface area contributed by atoms with E-state index in [1.165, 1.54) is 12.1 Å². The second-order valence-corrected chi connectivity index (χ2v) is 6.16. The molecule has 0 heterocycles. The third-order valence-corrected chi connectivity index (χ3v) is 4.18. The normalized spacial score (nSPS) is 11.0. The number of hydrogen-bond acceptors (Lipinski definition) is 5. The van der Waals surface area contributed by atoms with Crippen LogP contribution in [-0.2, 0) is 0 Å². The van der Waals surface area contributed by atoms with Gasteiger partial charge in [0, 0.05) is 18.2 Å². The van der Waals surface area contributed by atoms with E-state index in [-0.39, 0.29) is 11.7 Å². The van der Waals surface area contributed by atoms with Crippen LogP contribution in [0.4, 0.5) is 11.4 Å². The van der Waals surface area contributed by atoms with Crippen LogP contribution in [0.3, 0.4) is 0 Å². The third kappa shape index (κ3) is 5.71. The van der Waals surface area contributed by atoms with Gasteiger partial charge >= 0.3 is 0 Å². The topological polar surface area (TPSA) is 113 Å². The second kappa shape index (κ2) is 9.92. The number of aryl methyl sites for hydroxylation is 1. The Balaban J connectivity index is 2.14. The molecular weight excluding hydrogens is 358 g/mol. The van der Waals surface area contributed by atoms with E-state index in [4.69, 9.17) is 10.00 Å². The first-order valence-corrected chi connectivity index (χ1v) is 9.00. The Morgan fingerprint density at radius 2 is 1.93 bits per heavy atom. The highest BCUT2D eigenvalue weighted by molar-refractivity contribution is 5.84. The molecule has 0 spiro atoms. The van der Waals surface area contributed by atoms with Crippen molar-refractivity contribution in [2.45, 2.75) is 39.7 Å². The Morgan fingerprint density at radius 3 is 2.46 bits per heavy atom. The van der Waals surface area contributed by atoms with Gasteiger partial charge in [0.1, 0.15) is 11.5 Å². The Hall–Kier alpha value is -3.60. The standard InChI is InChI=1S/C20H23N5O3/c1-4-15(5-2)23-20(22-13-21)24-16-6-9-18(10-7-16)28-19-11-8-17(25(26)27)12-14(19)3/h6-12,15H,4-5H2,1-3H3,(H2,22,23,24). The summed E-state index contributed by atoms with van der Waals surface area (Å²) in [4.78, 5) is 14.8. The number of nitrogens with zero attached hydrogens (tertiary/aromatic N) is 3. The number of guanidine groups is 1. The predicted octanol–water partition coefficient (Wildman–Crippen LogP) is 4.53. The van der Waals surface area contributed by atoms with Gasteiger partial charge in [-0.05, 0) is 55.7 Å². The Kier molecular flexibility index (Phi) is 7.34. The molecule has 0 bridgehead atoms. The highest BCUT2D eigenvalue weighted by atomic mass is 16.6. The molecule has 2 rings (SSSR count). The summed E-state index contributed by atoms with van der Waals surface area (Å²) >= 11 is 0. The fourth-order valence-corrected chi connectivity index (χ4v) is 2.54. The van der Waals surface area contributed by atoms with E-state index in [0.717, 1.165) is 12.8 Å². The molecule has 0 aliphatic rings. The lowest BCUT2D eigenvalue weighted by atomic mass is 10.2. The van der Waals surface area contributed by atoms with Crippen LogP contribution in [0.15, 0.2) is 47.5 Å². The largest absolute Gasteiger partial charge is 0.457 e. The summed E-state index contributed by atoms with van der Waals surface area (Å²) in [7, 11) is 0. The first-order chi connectivity index (χ1) is 13.5.